The number of carbonyl (C=O) groups is 2. The zero-order valence-electron chi connectivity index (χ0n) is 14.1. The standard InChI is InChI=1S/C20H16FNO3S/c1-12(19(23)22-9-8-13-4-2-3-5-16(13)22)25-20(24)18-11-14-10-15(21)6-7-17(14)26-18/h2-7,10-12H,8-9H2,1H3/t12-/m0/s1. The highest BCUT2D eigenvalue weighted by Gasteiger charge is 2.30. The van der Waals surface area contributed by atoms with Crippen LogP contribution in [-0.4, -0.2) is 24.5 Å². The highest BCUT2D eigenvalue weighted by molar-refractivity contribution is 7.20. The lowest BCUT2D eigenvalue weighted by Crippen LogP contribution is -2.39. The van der Waals surface area contributed by atoms with Gasteiger partial charge in [-0.25, -0.2) is 9.18 Å². The molecule has 26 heavy (non-hydrogen) atoms. The van der Waals surface area contributed by atoms with Gasteiger partial charge >= 0.3 is 5.97 Å². The van der Waals surface area contributed by atoms with Gasteiger partial charge in [0.05, 0.1) is 0 Å². The van der Waals surface area contributed by atoms with Gasteiger partial charge in [-0.2, -0.15) is 0 Å². The fourth-order valence-corrected chi connectivity index (χ4v) is 4.10. The molecule has 3 aromatic rings. The number of hydrogen-bond donors (Lipinski definition) is 0. The molecule has 4 nitrogen and oxygen atoms in total. The molecule has 2 heterocycles. The van der Waals surface area contributed by atoms with Crippen molar-refractivity contribution < 1.29 is 18.7 Å². The molecular formula is C20H16FNO3S. The quantitative estimate of drug-likeness (QED) is 0.651. The van der Waals surface area contributed by atoms with Crippen molar-refractivity contribution >= 4 is 39.0 Å². The van der Waals surface area contributed by atoms with Gasteiger partial charge in [-0.05, 0) is 54.6 Å². The Balaban J connectivity index is 1.49. The number of fused-ring (bicyclic) bond motifs is 2. The van der Waals surface area contributed by atoms with E-state index in [0.717, 1.165) is 22.4 Å². The van der Waals surface area contributed by atoms with Gasteiger partial charge in [-0.1, -0.05) is 18.2 Å². The molecule has 0 unspecified atom stereocenters. The second-order valence-corrected chi connectivity index (χ2v) is 7.29. The zero-order chi connectivity index (χ0) is 18.3. The van der Waals surface area contributed by atoms with E-state index in [2.05, 4.69) is 0 Å². The Morgan fingerprint density at radius 1 is 1.19 bits per heavy atom. The van der Waals surface area contributed by atoms with Crippen LogP contribution in [0.15, 0.2) is 48.5 Å². The largest absolute Gasteiger partial charge is 0.448 e. The smallest absolute Gasteiger partial charge is 0.349 e. The van der Waals surface area contributed by atoms with Crippen LogP contribution in [0.1, 0.15) is 22.2 Å². The van der Waals surface area contributed by atoms with E-state index in [4.69, 9.17) is 4.74 Å². The second-order valence-electron chi connectivity index (χ2n) is 6.21. The van der Waals surface area contributed by atoms with Crippen LogP contribution in [0.5, 0.6) is 0 Å². The van der Waals surface area contributed by atoms with Crippen LogP contribution < -0.4 is 4.90 Å². The number of anilines is 1. The number of nitrogens with zero attached hydrogens (tertiary/aromatic N) is 1. The number of benzene rings is 2. The minimum absolute atomic E-state index is 0.240. The summed E-state index contributed by atoms with van der Waals surface area (Å²) in [5, 5.41) is 0.648. The predicted molar refractivity (Wildman–Crippen MR) is 99.2 cm³/mol. The van der Waals surface area contributed by atoms with E-state index in [1.807, 2.05) is 24.3 Å². The highest BCUT2D eigenvalue weighted by Crippen LogP contribution is 2.29. The Morgan fingerprint density at radius 2 is 2.00 bits per heavy atom. The Hall–Kier alpha value is -2.73. The van der Waals surface area contributed by atoms with Gasteiger partial charge in [0, 0.05) is 16.9 Å². The molecule has 0 saturated heterocycles. The molecule has 6 heteroatoms. The molecule has 0 aliphatic carbocycles. The molecular weight excluding hydrogens is 353 g/mol. The number of ether oxygens (including phenoxy) is 1. The molecule has 2 aromatic carbocycles. The van der Waals surface area contributed by atoms with Crippen molar-refractivity contribution in [3.05, 3.63) is 64.8 Å². The van der Waals surface area contributed by atoms with Crippen molar-refractivity contribution in [2.75, 3.05) is 11.4 Å². The highest BCUT2D eigenvalue weighted by atomic mass is 32.1. The van der Waals surface area contributed by atoms with E-state index in [-0.39, 0.29) is 11.7 Å². The number of rotatable bonds is 3. The molecule has 4 rings (SSSR count). The monoisotopic (exact) mass is 369 g/mol. The Labute approximate surface area is 153 Å². The van der Waals surface area contributed by atoms with Crippen molar-refractivity contribution in [2.45, 2.75) is 19.4 Å². The zero-order valence-corrected chi connectivity index (χ0v) is 14.9. The van der Waals surface area contributed by atoms with Crippen LogP contribution in [-0.2, 0) is 16.0 Å². The summed E-state index contributed by atoms with van der Waals surface area (Å²) in [6.45, 7) is 2.16. The maximum absolute atomic E-state index is 13.3. The average molecular weight is 369 g/mol. The van der Waals surface area contributed by atoms with Gasteiger partial charge in [0.2, 0.25) is 0 Å². The van der Waals surface area contributed by atoms with Gasteiger partial charge in [-0.15, -0.1) is 11.3 Å². The SMILES string of the molecule is C[C@H](OC(=O)c1cc2cc(F)ccc2s1)C(=O)N1CCc2ccccc21. The number of amides is 1. The summed E-state index contributed by atoms with van der Waals surface area (Å²) in [5.74, 6) is -1.16. The van der Waals surface area contributed by atoms with E-state index in [1.165, 1.54) is 23.5 Å². The number of thiophene rings is 1. The molecule has 1 aliphatic rings. The molecule has 0 fully saturated rings. The Bertz CT molecular complexity index is 1010. The molecule has 1 aromatic heterocycles. The first-order valence-corrected chi connectivity index (χ1v) is 9.14. The molecule has 0 saturated carbocycles. The summed E-state index contributed by atoms with van der Waals surface area (Å²) < 4.78 is 19.5. The predicted octanol–water partition coefficient (Wildman–Crippen LogP) is 4.18. The van der Waals surface area contributed by atoms with Crippen LogP contribution in [0.4, 0.5) is 10.1 Å². The van der Waals surface area contributed by atoms with Crippen LogP contribution in [0, 0.1) is 5.82 Å². The number of para-hydroxylation sites is 1. The number of halogens is 1. The first-order valence-electron chi connectivity index (χ1n) is 8.32. The van der Waals surface area contributed by atoms with Crippen LogP contribution in [0.3, 0.4) is 0 Å². The number of carbonyl (C=O) groups excluding carboxylic acids is 2. The van der Waals surface area contributed by atoms with Crippen LogP contribution in [0.2, 0.25) is 0 Å². The fraction of sp³-hybridized carbons (Fsp3) is 0.200. The molecule has 0 bridgehead atoms. The Morgan fingerprint density at radius 3 is 2.85 bits per heavy atom. The minimum atomic E-state index is -0.893. The molecule has 0 N–H and O–H groups in total. The van der Waals surface area contributed by atoms with Crippen molar-refractivity contribution in [3.8, 4) is 0 Å². The Kier molecular flexibility index (Phi) is 4.20. The van der Waals surface area contributed by atoms with E-state index in [1.54, 1.807) is 24.0 Å². The molecule has 132 valence electrons. The molecule has 0 radical (unpaired) electrons. The third kappa shape index (κ3) is 2.97. The molecule has 1 aliphatic heterocycles. The van der Waals surface area contributed by atoms with Gasteiger partial charge in [0.1, 0.15) is 10.7 Å². The number of hydrogen-bond acceptors (Lipinski definition) is 4. The lowest BCUT2D eigenvalue weighted by molar-refractivity contribution is -0.126. The number of esters is 1. The van der Waals surface area contributed by atoms with Gasteiger partial charge in [0.25, 0.3) is 5.91 Å². The summed E-state index contributed by atoms with van der Waals surface area (Å²) in [7, 11) is 0. The molecule has 0 spiro atoms. The van der Waals surface area contributed by atoms with E-state index < -0.39 is 12.1 Å². The second kappa shape index (κ2) is 6.53. The lowest BCUT2D eigenvalue weighted by Gasteiger charge is -2.21. The van der Waals surface area contributed by atoms with Gasteiger partial charge < -0.3 is 9.64 Å². The third-order valence-electron chi connectivity index (χ3n) is 4.46. The van der Waals surface area contributed by atoms with E-state index in [9.17, 15) is 14.0 Å². The normalized spacial score (nSPS) is 14.3. The van der Waals surface area contributed by atoms with E-state index in [0.29, 0.717) is 16.8 Å². The van der Waals surface area contributed by atoms with Gasteiger partial charge in [-0.3, -0.25) is 4.79 Å². The van der Waals surface area contributed by atoms with Crippen LogP contribution in [0.25, 0.3) is 10.1 Å². The maximum Gasteiger partial charge on any atom is 0.349 e. The van der Waals surface area contributed by atoms with Crippen molar-refractivity contribution in [1.82, 2.24) is 0 Å². The topological polar surface area (TPSA) is 46.6 Å². The van der Waals surface area contributed by atoms with E-state index >= 15 is 0 Å². The first kappa shape index (κ1) is 16.7. The lowest BCUT2D eigenvalue weighted by atomic mass is 10.2. The summed E-state index contributed by atoms with van der Waals surface area (Å²) in [6.07, 6.45) is -0.0969. The molecule has 1 atom stereocenters. The van der Waals surface area contributed by atoms with Crippen molar-refractivity contribution in [3.63, 3.8) is 0 Å². The maximum atomic E-state index is 13.3. The molecule has 1 amide bonds. The summed E-state index contributed by atoms with van der Waals surface area (Å²) in [4.78, 5) is 27.1. The first-order chi connectivity index (χ1) is 12.5. The third-order valence-corrected chi connectivity index (χ3v) is 5.56. The average Bonchev–Trinajstić information content (AvgIpc) is 3.24. The minimum Gasteiger partial charge on any atom is -0.448 e. The summed E-state index contributed by atoms with van der Waals surface area (Å²) in [5.41, 5.74) is 1.99. The summed E-state index contributed by atoms with van der Waals surface area (Å²) >= 11 is 1.22. The van der Waals surface area contributed by atoms with Gasteiger partial charge in [0.15, 0.2) is 6.10 Å². The fourth-order valence-electron chi connectivity index (χ4n) is 3.17. The van der Waals surface area contributed by atoms with Crippen molar-refractivity contribution in [1.29, 1.82) is 0 Å². The van der Waals surface area contributed by atoms with Crippen molar-refractivity contribution in [2.24, 2.45) is 0 Å². The summed E-state index contributed by atoms with van der Waals surface area (Å²) in [6, 6.07) is 13.7. The van der Waals surface area contributed by atoms with Crippen LogP contribution >= 0.6 is 11.3 Å².